The second-order valence-electron chi connectivity index (χ2n) is 5.52. The highest BCUT2D eigenvalue weighted by Gasteiger charge is 2.66. The molecule has 0 aromatic carbocycles. The number of esters is 3. The second kappa shape index (κ2) is 4.21. The maximum absolute atomic E-state index is 11.7. The van der Waals surface area contributed by atoms with E-state index in [-0.39, 0.29) is 53.8 Å². The van der Waals surface area contributed by atoms with Crippen molar-refractivity contribution in [2.24, 2.45) is 23.7 Å². The van der Waals surface area contributed by atoms with Crippen LogP contribution in [0.15, 0.2) is 0 Å². The highest BCUT2D eigenvalue weighted by atomic mass is 16.6. The molecular weight excluding hydrogens is 252 g/mol. The van der Waals surface area contributed by atoms with Crippen LogP contribution in [0, 0.1) is 23.7 Å². The topological polar surface area (TPSA) is 78.9 Å². The number of rotatable bonds is 2. The lowest BCUT2D eigenvalue weighted by Crippen LogP contribution is -2.35. The van der Waals surface area contributed by atoms with E-state index in [0.717, 1.165) is 0 Å². The molecule has 3 aliphatic rings. The molecule has 1 saturated heterocycles. The summed E-state index contributed by atoms with van der Waals surface area (Å²) in [5.41, 5.74) is 0. The molecule has 1 heterocycles. The zero-order valence-electron chi connectivity index (χ0n) is 10.8. The number of carbonyl (C=O) groups is 3. The molecule has 0 amide bonds. The molecule has 3 fully saturated rings. The molecule has 6 atom stereocenters. The first-order valence-electron chi connectivity index (χ1n) is 6.50. The molecule has 6 nitrogen and oxygen atoms in total. The van der Waals surface area contributed by atoms with Crippen LogP contribution in [0.2, 0.25) is 0 Å². The minimum atomic E-state index is -0.364. The Morgan fingerprint density at radius 1 is 1.16 bits per heavy atom. The first kappa shape index (κ1) is 12.4. The molecule has 104 valence electrons. The third kappa shape index (κ3) is 1.81. The third-order valence-corrected chi connectivity index (χ3v) is 4.46. The van der Waals surface area contributed by atoms with E-state index in [9.17, 15) is 14.4 Å². The smallest absolute Gasteiger partial charge is 0.309 e. The van der Waals surface area contributed by atoms with E-state index in [1.807, 2.05) is 0 Å². The van der Waals surface area contributed by atoms with E-state index < -0.39 is 0 Å². The van der Waals surface area contributed by atoms with Gasteiger partial charge in [0.25, 0.3) is 0 Å². The van der Waals surface area contributed by atoms with Crippen LogP contribution in [0.25, 0.3) is 0 Å². The lowest BCUT2D eigenvalue weighted by atomic mass is 9.80. The van der Waals surface area contributed by atoms with Gasteiger partial charge in [-0.2, -0.15) is 0 Å². The van der Waals surface area contributed by atoms with Crippen LogP contribution in [-0.2, 0) is 28.6 Å². The van der Waals surface area contributed by atoms with E-state index in [1.165, 1.54) is 13.8 Å². The molecule has 2 bridgehead atoms. The fourth-order valence-electron chi connectivity index (χ4n) is 4.02. The lowest BCUT2D eigenvalue weighted by molar-refractivity contribution is -0.155. The fraction of sp³-hybridized carbons (Fsp3) is 0.769. The van der Waals surface area contributed by atoms with Gasteiger partial charge in [-0.15, -0.1) is 0 Å². The Morgan fingerprint density at radius 3 is 2.47 bits per heavy atom. The van der Waals surface area contributed by atoms with Crippen molar-refractivity contribution in [3.05, 3.63) is 0 Å². The van der Waals surface area contributed by atoms with Crippen molar-refractivity contribution >= 4 is 17.9 Å². The third-order valence-electron chi connectivity index (χ3n) is 4.46. The van der Waals surface area contributed by atoms with Gasteiger partial charge in [-0.3, -0.25) is 14.4 Å². The summed E-state index contributed by atoms with van der Waals surface area (Å²) in [6.45, 7) is 3.05. The van der Waals surface area contributed by atoms with E-state index in [2.05, 4.69) is 0 Å². The highest BCUT2D eigenvalue weighted by molar-refractivity contribution is 5.77. The molecule has 2 aliphatic carbocycles. The molecule has 0 aromatic heterocycles. The van der Waals surface area contributed by atoms with Gasteiger partial charge in [0, 0.05) is 31.6 Å². The van der Waals surface area contributed by atoms with Crippen LogP contribution in [0.4, 0.5) is 0 Å². The number of hydrogen-bond acceptors (Lipinski definition) is 6. The van der Waals surface area contributed by atoms with Crippen molar-refractivity contribution in [1.29, 1.82) is 0 Å². The Labute approximate surface area is 110 Å². The molecule has 0 aromatic rings. The van der Waals surface area contributed by atoms with Crippen LogP contribution < -0.4 is 0 Å². The van der Waals surface area contributed by atoms with Crippen LogP contribution >= 0.6 is 0 Å². The van der Waals surface area contributed by atoms with Gasteiger partial charge in [-0.1, -0.05) is 0 Å². The normalized spacial score (nSPS) is 42.7. The number of ether oxygens (including phenoxy) is 3. The van der Waals surface area contributed by atoms with Gasteiger partial charge in [0.05, 0.1) is 12.5 Å². The summed E-state index contributed by atoms with van der Waals surface area (Å²) in [5.74, 6) is -1.33. The van der Waals surface area contributed by atoms with E-state index in [1.54, 1.807) is 0 Å². The minimum absolute atomic E-state index is 0.0000463. The number of hydrogen-bond donors (Lipinski definition) is 0. The van der Waals surface area contributed by atoms with Gasteiger partial charge >= 0.3 is 17.9 Å². The molecule has 1 aliphatic heterocycles. The average Bonchev–Trinajstić information content (AvgIpc) is 2.89. The van der Waals surface area contributed by atoms with Gasteiger partial charge < -0.3 is 14.2 Å². The molecular formula is C13H16O6. The van der Waals surface area contributed by atoms with Gasteiger partial charge in [0.2, 0.25) is 0 Å². The van der Waals surface area contributed by atoms with E-state index >= 15 is 0 Å². The van der Waals surface area contributed by atoms with E-state index in [0.29, 0.717) is 13.0 Å². The summed E-state index contributed by atoms with van der Waals surface area (Å²) < 4.78 is 15.7. The standard InChI is InChI=1S/C13H16O6/c1-5(14)18-9-3-7-10-8(4-17-13(10)16)11(9)12(7)19-6(2)15/h7-12H,3-4H2,1-2H3/t7-,8-,9-,10-,11-,12+/m0/s1. The Bertz CT molecular complexity index is 444. The maximum atomic E-state index is 11.7. The van der Waals surface area contributed by atoms with Crippen molar-refractivity contribution in [2.75, 3.05) is 6.61 Å². The van der Waals surface area contributed by atoms with E-state index in [4.69, 9.17) is 14.2 Å². The molecule has 2 saturated carbocycles. The van der Waals surface area contributed by atoms with Crippen LogP contribution in [-0.4, -0.2) is 36.7 Å². The van der Waals surface area contributed by atoms with Crippen molar-refractivity contribution < 1.29 is 28.6 Å². The first-order valence-corrected chi connectivity index (χ1v) is 6.50. The summed E-state index contributed by atoms with van der Waals surface area (Å²) in [7, 11) is 0. The molecule has 0 spiro atoms. The predicted molar refractivity (Wildman–Crippen MR) is 60.6 cm³/mol. The van der Waals surface area contributed by atoms with Crippen molar-refractivity contribution in [2.45, 2.75) is 32.5 Å². The Morgan fingerprint density at radius 2 is 1.84 bits per heavy atom. The molecule has 3 rings (SSSR count). The fourth-order valence-corrected chi connectivity index (χ4v) is 4.02. The monoisotopic (exact) mass is 268 g/mol. The number of cyclic esters (lactones) is 1. The summed E-state index contributed by atoms with van der Waals surface area (Å²) in [6.07, 6.45) is -0.0364. The second-order valence-corrected chi connectivity index (χ2v) is 5.52. The van der Waals surface area contributed by atoms with Crippen molar-refractivity contribution in [3.8, 4) is 0 Å². The highest BCUT2D eigenvalue weighted by Crippen LogP contribution is 2.57. The summed E-state index contributed by atoms with van der Waals surface area (Å²) in [6, 6.07) is 0. The van der Waals surface area contributed by atoms with Gasteiger partial charge in [0.15, 0.2) is 0 Å². The molecule has 0 radical (unpaired) electrons. The Hall–Kier alpha value is -1.59. The number of fused-ring (bicyclic) bond motifs is 5. The van der Waals surface area contributed by atoms with Gasteiger partial charge in [-0.25, -0.2) is 0 Å². The summed E-state index contributed by atoms with van der Waals surface area (Å²) >= 11 is 0. The van der Waals surface area contributed by atoms with Crippen molar-refractivity contribution in [3.63, 3.8) is 0 Å². The van der Waals surface area contributed by atoms with Crippen LogP contribution in [0.5, 0.6) is 0 Å². The SMILES string of the molecule is CC(=O)O[C@@H]1[C@H]2C[C@H](OC(C)=O)[C@@H]1[C@H]1COC(=O)[C@@H]21. The molecule has 0 N–H and O–H groups in total. The molecule has 0 unspecified atom stereocenters. The maximum Gasteiger partial charge on any atom is 0.309 e. The molecule has 6 heteroatoms. The summed E-state index contributed by atoms with van der Waals surface area (Å²) in [4.78, 5) is 34.1. The molecule has 19 heavy (non-hydrogen) atoms. The lowest BCUT2D eigenvalue weighted by Gasteiger charge is -2.27. The zero-order chi connectivity index (χ0) is 13.7. The van der Waals surface area contributed by atoms with Crippen molar-refractivity contribution in [1.82, 2.24) is 0 Å². The minimum Gasteiger partial charge on any atom is -0.465 e. The van der Waals surface area contributed by atoms with Gasteiger partial charge in [0.1, 0.15) is 12.2 Å². The van der Waals surface area contributed by atoms with Crippen LogP contribution in [0.1, 0.15) is 20.3 Å². The average molecular weight is 268 g/mol. The first-order chi connectivity index (χ1) is 8.99. The number of carbonyl (C=O) groups excluding carboxylic acids is 3. The summed E-state index contributed by atoms with van der Waals surface area (Å²) in [5, 5.41) is 0. The Balaban J connectivity index is 1.85. The quantitative estimate of drug-likeness (QED) is 0.529. The largest absolute Gasteiger partial charge is 0.465 e. The van der Waals surface area contributed by atoms with Crippen LogP contribution in [0.3, 0.4) is 0 Å². The van der Waals surface area contributed by atoms with Gasteiger partial charge in [-0.05, 0) is 6.42 Å². The zero-order valence-corrected chi connectivity index (χ0v) is 10.8. The Kier molecular flexibility index (Phi) is 2.76. The predicted octanol–water partition coefficient (Wildman–Crippen LogP) is 0.289.